The minimum absolute atomic E-state index is 1.11. The predicted octanol–water partition coefficient (Wildman–Crippen LogP) is 9.85. The van der Waals surface area contributed by atoms with Crippen LogP contribution in [0.3, 0.4) is 0 Å². The van der Waals surface area contributed by atoms with Gasteiger partial charge in [-0.05, 0) is 82.1 Å². The van der Waals surface area contributed by atoms with Crippen LogP contribution in [-0.2, 0) is 6.42 Å². The fourth-order valence-corrected chi connectivity index (χ4v) is 5.78. The van der Waals surface area contributed by atoms with E-state index in [1.165, 1.54) is 61.2 Å². The van der Waals surface area contributed by atoms with Crippen LogP contribution in [-0.4, -0.2) is 4.57 Å². The molecule has 1 nitrogen and oxygen atoms in total. The second kappa shape index (κ2) is 10.1. The minimum atomic E-state index is 1.11. The van der Waals surface area contributed by atoms with Crippen LogP contribution in [0.4, 0.5) is 0 Å². The molecular weight excluding hydrogens is 470 g/mol. The van der Waals surface area contributed by atoms with Crippen LogP contribution in [0.2, 0.25) is 0 Å². The lowest BCUT2D eigenvalue weighted by Gasteiger charge is -2.13. The van der Waals surface area contributed by atoms with E-state index in [1.54, 1.807) is 0 Å². The van der Waals surface area contributed by atoms with Gasteiger partial charge in [0.2, 0.25) is 0 Å². The van der Waals surface area contributed by atoms with Crippen LogP contribution in [0.5, 0.6) is 0 Å². The molecule has 0 unspecified atom stereocenters. The highest BCUT2D eigenvalue weighted by Gasteiger charge is 2.18. The van der Waals surface area contributed by atoms with E-state index >= 15 is 0 Å². The highest BCUT2D eigenvalue weighted by Crippen LogP contribution is 2.34. The molecular formula is C38H29N. The molecule has 0 saturated carbocycles. The summed E-state index contributed by atoms with van der Waals surface area (Å²) < 4.78 is 2.41. The molecule has 0 atom stereocenters. The van der Waals surface area contributed by atoms with E-state index in [9.17, 15) is 0 Å². The van der Waals surface area contributed by atoms with Crippen molar-refractivity contribution in [2.24, 2.45) is 0 Å². The molecule has 186 valence electrons. The van der Waals surface area contributed by atoms with Gasteiger partial charge in [-0.25, -0.2) is 0 Å². The third-order valence-electron chi connectivity index (χ3n) is 7.71. The number of allylic oxidation sites excluding steroid dienone is 1. The van der Waals surface area contributed by atoms with E-state index < -0.39 is 0 Å². The molecule has 0 radical (unpaired) electrons. The normalized spacial score (nSPS) is 12.3. The van der Waals surface area contributed by atoms with E-state index in [0.717, 1.165) is 12.8 Å². The minimum Gasteiger partial charge on any atom is -0.310 e. The first-order valence-corrected chi connectivity index (χ1v) is 13.7. The van der Waals surface area contributed by atoms with Crippen LogP contribution in [0, 0.1) is 0 Å². The van der Waals surface area contributed by atoms with Crippen molar-refractivity contribution >= 4 is 28.6 Å². The van der Waals surface area contributed by atoms with E-state index in [1.807, 2.05) is 0 Å². The summed E-state index contributed by atoms with van der Waals surface area (Å²) in [5.74, 6) is 0. The number of rotatable bonds is 5. The van der Waals surface area contributed by atoms with E-state index in [4.69, 9.17) is 0 Å². The monoisotopic (exact) mass is 499 g/mol. The number of benzene rings is 5. The maximum Gasteiger partial charge on any atom is 0.0537 e. The lowest BCUT2D eigenvalue weighted by Crippen LogP contribution is -2.00. The maximum absolute atomic E-state index is 2.41. The van der Waals surface area contributed by atoms with Crippen molar-refractivity contribution in [2.45, 2.75) is 12.8 Å². The van der Waals surface area contributed by atoms with Gasteiger partial charge < -0.3 is 4.57 Å². The molecule has 0 bridgehead atoms. The first-order chi connectivity index (χ1) is 19.3. The Bertz CT molecular complexity index is 1760. The maximum atomic E-state index is 2.41. The van der Waals surface area contributed by atoms with Gasteiger partial charge in [-0.3, -0.25) is 0 Å². The van der Waals surface area contributed by atoms with Crippen molar-refractivity contribution in [1.29, 1.82) is 0 Å². The van der Waals surface area contributed by atoms with Crippen molar-refractivity contribution in [3.05, 3.63) is 167 Å². The summed E-state index contributed by atoms with van der Waals surface area (Å²) in [7, 11) is 0. The average molecular weight is 500 g/mol. The Labute approximate surface area is 230 Å². The Morgan fingerprint density at radius 2 is 1.18 bits per heavy atom. The zero-order chi connectivity index (χ0) is 26.0. The number of aromatic nitrogens is 1. The summed E-state index contributed by atoms with van der Waals surface area (Å²) >= 11 is 0. The van der Waals surface area contributed by atoms with Gasteiger partial charge in [0.15, 0.2) is 0 Å². The zero-order valence-corrected chi connectivity index (χ0v) is 21.8. The summed E-state index contributed by atoms with van der Waals surface area (Å²) in [6.07, 6.45) is 9.09. The molecule has 1 heterocycles. The van der Waals surface area contributed by atoms with Crippen LogP contribution in [0.1, 0.15) is 34.4 Å². The summed E-state index contributed by atoms with van der Waals surface area (Å²) in [5.41, 5.74) is 12.6. The average Bonchev–Trinajstić information content (AvgIpc) is 3.36. The second-order valence-corrected chi connectivity index (χ2v) is 10.1. The van der Waals surface area contributed by atoms with Crippen LogP contribution < -0.4 is 0 Å². The molecule has 1 aliphatic carbocycles. The fraction of sp³-hybridized carbons (Fsp3) is 0.0526. The van der Waals surface area contributed by atoms with Gasteiger partial charge in [-0.1, -0.05) is 121 Å². The topological polar surface area (TPSA) is 4.93 Å². The number of hydrogen-bond acceptors (Lipinski definition) is 0. The zero-order valence-electron chi connectivity index (χ0n) is 21.8. The number of para-hydroxylation sites is 1. The second-order valence-electron chi connectivity index (χ2n) is 10.1. The van der Waals surface area contributed by atoms with Crippen LogP contribution in [0.15, 0.2) is 140 Å². The molecule has 0 N–H and O–H groups in total. The molecule has 1 aliphatic rings. The summed E-state index contributed by atoms with van der Waals surface area (Å²) in [4.78, 5) is 0. The highest BCUT2D eigenvalue weighted by atomic mass is 15.0. The molecule has 7 rings (SSSR count). The molecule has 1 aromatic heterocycles. The van der Waals surface area contributed by atoms with Crippen molar-refractivity contribution in [2.75, 3.05) is 0 Å². The lowest BCUT2D eigenvalue weighted by molar-refractivity contribution is 0.967. The van der Waals surface area contributed by atoms with Gasteiger partial charge in [0, 0.05) is 16.8 Å². The van der Waals surface area contributed by atoms with Gasteiger partial charge >= 0.3 is 0 Å². The molecule has 0 amide bonds. The first-order valence-electron chi connectivity index (χ1n) is 13.7. The van der Waals surface area contributed by atoms with Gasteiger partial charge in [-0.15, -0.1) is 0 Å². The molecule has 0 aliphatic heterocycles. The Kier molecular flexibility index (Phi) is 6.03. The van der Waals surface area contributed by atoms with Gasteiger partial charge in [0.1, 0.15) is 0 Å². The Morgan fingerprint density at radius 3 is 1.85 bits per heavy atom. The Balaban J connectivity index is 1.21. The summed E-state index contributed by atoms with van der Waals surface area (Å²) in [6.45, 7) is 0. The fourth-order valence-electron chi connectivity index (χ4n) is 5.78. The first kappa shape index (κ1) is 23.3. The number of nitrogens with zero attached hydrogens (tertiary/aromatic N) is 1. The molecule has 6 aromatic rings. The summed E-state index contributed by atoms with van der Waals surface area (Å²) in [5, 5.41) is 1.37. The van der Waals surface area contributed by atoms with Gasteiger partial charge in [0.05, 0.1) is 5.52 Å². The third kappa shape index (κ3) is 4.43. The number of aryl methyl sites for hydroxylation is 1. The SMILES string of the molecule is C1=Cc2c(c3ccccc3n2-c2ccc(-c3ccc(C=C(c4ccccc4)c4ccccc4)cc3)cc2)CC1. The van der Waals surface area contributed by atoms with Crippen LogP contribution >= 0.6 is 0 Å². The highest BCUT2D eigenvalue weighted by molar-refractivity contribution is 5.92. The van der Waals surface area contributed by atoms with E-state index in [-0.39, 0.29) is 0 Å². The van der Waals surface area contributed by atoms with Crippen molar-refractivity contribution in [3.8, 4) is 16.8 Å². The Hall–Kier alpha value is -4.88. The lowest BCUT2D eigenvalue weighted by atomic mass is 9.95. The largest absolute Gasteiger partial charge is 0.310 e. The molecule has 39 heavy (non-hydrogen) atoms. The molecule has 1 heteroatoms. The number of hydrogen-bond donors (Lipinski definition) is 0. The van der Waals surface area contributed by atoms with Crippen molar-refractivity contribution in [1.82, 2.24) is 4.57 Å². The van der Waals surface area contributed by atoms with E-state index in [2.05, 4.69) is 156 Å². The van der Waals surface area contributed by atoms with E-state index in [0.29, 0.717) is 0 Å². The standard InChI is InChI=1S/C38H29N/c1-3-11-31(12-4-1)36(32-13-5-2-6-14-32)27-28-19-21-29(22-20-28)30-23-25-33(26-24-30)39-37-17-9-7-15-34(37)35-16-8-10-18-38(35)39/h1-7,9-15,17-27H,8,16H2. The van der Waals surface area contributed by atoms with Crippen LogP contribution in [0.25, 0.3) is 45.4 Å². The molecule has 0 fully saturated rings. The third-order valence-corrected chi connectivity index (χ3v) is 7.71. The Morgan fingerprint density at radius 1 is 0.590 bits per heavy atom. The summed E-state index contributed by atoms with van der Waals surface area (Å²) in [6, 6.07) is 47.9. The smallest absolute Gasteiger partial charge is 0.0537 e. The quantitative estimate of drug-likeness (QED) is 0.208. The molecule has 0 saturated heterocycles. The molecule has 5 aromatic carbocycles. The van der Waals surface area contributed by atoms with Crippen molar-refractivity contribution in [3.63, 3.8) is 0 Å². The van der Waals surface area contributed by atoms with Gasteiger partial charge in [0.25, 0.3) is 0 Å². The number of fused-ring (bicyclic) bond motifs is 3. The predicted molar refractivity (Wildman–Crippen MR) is 166 cm³/mol. The van der Waals surface area contributed by atoms with Crippen molar-refractivity contribution < 1.29 is 0 Å². The molecule has 0 spiro atoms. The van der Waals surface area contributed by atoms with Gasteiger partial charge in [-0.2, -0.15) is 0 Å².